The lowest BCUT2D eigenvalue weighted by atomic mass is 9.98. The molecule has 0 aliphatic carbocycles. The van der Waals surface area contributed by atoms with Crippen LogP contribution < -0.4 is 22.5 Å². The molecule has 0 saturated carbocycles. The van der Waals surface area contributed by atoms with Crippen molar-refractivity contribution in [2.24, 2.45) is 17.2 Å². The monoisotopic (exact) mass is 268 g/mol. The normalized spacial score (nSPS) is 16.5. The molecule has 0 fully saturated rings. The summed E-state index contributed by atoms with van der Waals surface area (Å²) < 4.78 is 0. The van der Waals surface area contributed by atoms with Gasteiger partial charge in [-0.25, -0.2) is 0 Å². The number of hydrogen-bond acceptors (Lipinski definition) is 4. The molecule has 1 aliphatic heterocycles. The molecule has 4 nitrogen and oxygen atoms in total. The van der Waals surface area contributed by atoms with Crippen molar-refractivity contribution in [1.82, 2.24) is 0 Å². The molecule has 0 unspecified atom stereocenters. The summed E-state index contributed by atoms with van der Waals surface area (Å²) >= 11 is 0. The van der Waals surface area contributed by atoms with Gasteiger partial charge in [0.1, 0.15) is 0 Å². The lowest BCUT2D eigenvalue weighted by molar-refractivity contribution is 1.12. The molecular formula is C16H20N4. The minimum atomic E-state index is 0.630. The zero-order valence-corrected chi connectivity index (χ0v) is 11.6. The van der Waals surface area contributed by atoms with Gasteiger partial charge in [0, 0.05) is 23.4 Å². The molecule has 4 heteroatoms. The lowest BCUT2D eigenvalue weighted by Crippen LogP contribution is -2.15. The number of para-hydroxylation sites is 1. The Balaban J connectivity index is 0.000000704. The predicted molar refractivity (Wildman–Crippen MR) is 85.5 cm³/mol. The zero-order chi connectivity index (χ0) is 14.5. The average Bonchev–Trinajstić information content (AvgIpc) is 2.53. The van der Waals surface area contributed by atoms with E-state index in [0.717, 1.165) is 28.9 Å². The van der Waals surface area contributed by atoms with E-state index in [1.807, 2.05) is 42.5 Å². The van der Waals surface area contributed by atoms with Crippen LogP contribution in [0.5, 0.6) is 0 Å². The maximum atomic E-state index is 6.20. The molecule has 0 bridgehead atoms. The van der Waals surface area contributed by atoms with E-state index in [1.165, 1.54) is 7.05 Å². The van der Waals surface area contributed by atoms with E-state index in [9.17, 15) is 0 Å². The van der Waals surface area contributed by atoms with Crippen LogP contribution in [0.2, 0.25) is 0 Å². The smallest absolute Gasteiger partial charge is 0.0648 e. The van der Waals surface area contributed by atoms with Gasteiger partial charge in [-0.15, -0.1) is 0 Å². The Bertz CT molecular complexity index is 576. The third kappa shape index (κ3) is 2.46. The summed E-state index contributed by atoms with van der Waals surface area (Å²) in [5.74, 6) is 0. The Labute approximate surface area is 119 Å². The summed E-state index contributed by atoms with van der Waals surface area (Å²) in [6.07, 6.45) is 0. The largest absolute Gasteiger partial charge is 0.397 e. The summed E-state index contributed by atoms with van der Waals surface area (Å²) in [4.78, 5) is 0. The number of nitrogens with one attached hydrogen (secondary N) is 1. The highest BCUT2D eigenvalue weighted by Gasteiger charge is 2.15. The molecule has 104 valence electrons. The molecule has 0 spiro atoms. The predicted octanol–water partition coefficient (Wildman–Crippen LogP) is 1.93. The molecule has 3 rings (SSSR count). The molecule has 1 aliphatic rings. The molecule has 20 heavy (non-hydrogen) atoms. The van der Waals surface area contributed by atoms with Gasteiger partial charge in [-0.3, -0.25) is 0 Å². The van der Waals surface area contributed by atoms with E-state index in [1.54, 1.807) is 0 Å². The molecule has 0 aromatic heterocycles. The SMILES string of the molecule is CN.N/C1=C(\N)c2ccccc2NCc2ccccc21. The van der Waals surface area contributed by atoms with Crippen LogP contribution in [0.25, 0.3) is 11.4 Å². The maximum Gasteiger partial charge on any atom is 0.0648 e. The first-order chi connectivity index (χ1) is 9.77. The molecule has 0 atom stereocenters. The first-order valence-corrected chi connectivity index (χ1v) is 6.52. The summed E-state index contributed by atoms with van der Waals surface area (Å²) in [5, 5.41) is 3.40. The van der Waals surface area contributed by atoms with Gasteiger partial charge in [0.25, 0.3) is 0 Å². The molecule has 1 heterocycles. The van der Waals surface area contributed by atoms with Crippen LogP contribution in [-0.2, 0) is 6.54 Å². The molecule has 0 amide bonds. The Hall–Kier alpha value is -2.46. The third-order valence-electron chi connectivity index (χ3n) is 3.28. The van der Waals surface area contributed by atoms with Crippen molar-refractivity contribution < 1.29 is 0 Å². The highest BCUT2D eigenvalue weighted by Crippen LogP contribution is 2.29. The van der Waals surface area contributed by atoms with Crippen molar-refractivity contribution in [3.05, 3.63) is 65.2 Å². The summed E-state index contributed by atoms with van der Waals surface area (Å²) in [7, 11) is 1.50. The Morgan fingerprint density at radius 1 is 0.800 bits per heavy atom. The van der Waals surface area contributed by atoms with Crippen molar-refractivity contribution >= 4 is 17.1 Å². The van der Waals surface area contributed by atoms with E-state index in [2.05, 4.69) is 17.1 Å². The highest BCUT2D eigenvalue weighted by molar-refractivity contribution is 5.92. The summed E-state index contributed by atoms with van der Waals surface area (Å²) in [6, 6.07) is 16.0. The van der Waals surface area contributed by atoms with Crippen molar-refractivity contribution in [3.63, 3.8) is 0 Å². The van der Waals surface area contributed by atoms with Crippen LogP contribution in [0.15, 0.2) is 48.5 Å². The number of rotatable bonds is 0. The molecule has 7 N–H and O–H groups in total. The van der Waals surface area contributed by atoms with E-state index >= 15 is 0 Å². The van der Waals surface area contributed by atoms with Gasteiger partial charge >= 0.3 is 0 Å². The lowest BCUT2D eigenvalue weighted by Gasteiger charge is -2.20. The van der Waals surface area contributed by atoms with E-state index in [4.69, 9.17) is 11.5 Å². The quantitative estimate of drug-likeness (QED) is 0.587. The van der Waals surface area contributed by atoms with Gasteiger partial charge in [0.15, 0.2) is 0 Å². The average molecular weight is 268 g/mol. The van der Waals surface area contributed by atoms with Crippen molar-refractivity contribution in [2.45, 2.75) is 6.54 Å². The molecule has 2 aromatic carbocycles. The number of hydrogen-bond donors (Lipinski definition) is 4. The van der Waals surface area contributed by atoms with Crippen LogP contribution in [0.3, 0.4) is 0 Å². The number of fused-ring (bicyclic) bond motifs is 2. The first-order valence-electron chi connectivity index (χ1n) is 6.52. The third-order valence-corrected chi connectivity index (χ3v) is 3.28. The van der Waals surface area contributed by atoms with Crippen molar-refractivity contribution in [2.75, 3.05) is 12.4 Å². The van der Waals surface area contributed by atoms with Gasteiger partial charge < -0.3 is 22.5 Å². The van der Waals surface area contributed by atoms with Crippen LogP contribution in [0.1, 0.15) is 16.7 Å². The van der Waals surface area contributed by atoms with Gasteiger partial charge in [0.2, 0.25) is 0 Å². The molecule has 0 radical (unpaired) electrons. The Kier molecular flexibility index (Phi) is 4.27. The standard InChI is InChI=1S/C15H15N3.CH5N/c16-14-11-6-2-1-5-10(11)9-18-13-8-4-3-7-12(13)15(14)17;1-2/h1-8,18H,9,16-17H2;2H2,1H3/b15-14-;. The van der Waals surface area contributed by atoms with Crippen LogP contribution >= 0.6 is 0 Å². The topological polar surface area (TPSA) is 90.1 Å². The fourth-order valence-corrected chi connectivity index (χ4v) is 2.29. The highest BCUT2D eigenvalue weighted by atomic mass is 14.9. The Morgan fingerprint density at radius 3 is 2.10 bits per heavy atom. The van der Waals surface area contributed by atoms with Gasteiger partial charge in [0.05, 0.1) is 11.4 Å². The van der Waals surface area contributed by atoms with Gasteiger partial charge in [-0.05, 0) is 18.7 Å². The second-order valence-corrected chi connectivity index (χ2v) is 4.38. The second kappa shape index (κ2) is 6.12. The Morgan fingerprint density at radius 2 is 1.35 bits per heavy atom. The van der Waals surface area contributed by atoms with Gasteiger partial charge in [-0.1, -0.05) is 42.5 Å². The first kappa shape index (κ1) is 14.0. The molecule has 0 saturated heterocycles. The van der Waals surface area contributed by atoms with E-state index in [0.29, 0.717) is 11.4 Å². The van der Waals surface area contributed by atoms with Crippen molar-refractivity contribution in [1.29, 1.82) is 0 Å². The fraction of sp³-hybridized carbons (Fsp3) is 0.125. The van der Waals surface area contributed by atoms with Crippen LogP contribution in [0.4, 0.5) is 5.69 Å². The number of anilines is 1. The molecular weight excluding hydrogens is 248 g/mol. The zero-order valence-electron chi connectivity index (χ0n) is 11.6. The number of nitrogens with two attached hydrogens (primary N) is 3. The molecule has 2 aromatic rings. The summed E-state index contributed by atoms with van der Waals surface area (Å²) in [5.41, 5.74) is 22.3. The number of benzene rings is 2. The summed E-state index contributed by atoms with van der Waals surface area (Å²) in [6.45, 7) is 0.751. The second-order valence-electron chi connectivity index (χ2n) is 4.38. The van der Waals surface area contributed by atoms with E-state index in [-0.39, 0.29) is 0 Å². The van der Waals surface area contributed by atoms with Crippen molar-refractivity contribution in [3.8, 4) is 0 Å². The fourth-order valence-electron chi connectivity index (χ4n) is 2.29. The van der Waals surface area contributed by atoms with E-state index < -0.39 is 0 Å². The minimum absolute atomic E-state index is 0.630. The van der Waals surface area contributed by atoms with Crippen LogP contribution in [-0.4, -0.2) is 7.05 Å². The van der Waals surface area contributed by atoms with Crippen LogP contribution in [0, 0.1) is 0 Å². The van der Waals surface area contributed by atoms with Gasteiger partial charge in [-0.2, -0.15) is 0 Å². The minimum Gasteiger partial charge on any atom is -0.397 e. The maximum absolute atomic E-state index is 6.20.